The van der Waals surface area contributed by atoms with Crippen molar-refractivity contribution in [3.8, 4) is 11.1 Å². The Balaban J connectivity index is 1.55. The fourth-order valence-corrected chi connectivity index (χ4v) is 4.06. The van der Waals surface area contributed by atoms with Gasteiger partial charge < -0.3 is 4.90 Å². The molecule has 3 aromatic heterocycles. The molecule has 6 nitrogen and oxygen atoms in total. The van der Waals surface area contributed by atoms with E-state index in [1.165, 1.54) is 22.8 Å². The van der Waals surface area contributed by atoms with E-state index in [1.807, 2.05) is 19.1 Å². The quantitative estimate of drug-likeness (QED) is 0.497. The molecule has 5 rings (SSSR count). The van der Waals surface area contributed by atoms with Crippen LogP contribution in [0.1, 0.15) is 22.4 Å². The van der Waals surface area contributed by atoms with Gasteiger partial charge in [0.15, 0.2) is 11.5 Å². The van der Waals surface area contributed by atoms with Gasteiger partial charge in [-0.3, -0.25) is 9.78 Å². The van der Waals surface area contributed by atoms with Crippen LogP contribution in [0.25, 0.3) is 16.8 Å². The van der Waals surface area contributed by atoms with Gasteiger partial charge >= 0.3 is 0 Å². The van der Waals surface area contributed by atoms with Crippen LogP contribution in [0.3, 0.4) is 0 Å². The fraction of sp³-hybridized carbons (Fsp3) is 0.217. The summed E-state index contributed by atoms with van der Waals surface area (Å²) in [7, 11) is 0. The molecule has 0 N–H and O–H groups in total. The van der Waals surface area contributed by atoms with Crippen LogP contribution in [0.2, 0.25) is 0 Å². The van der Waals surface area contributed by atoms with Gasteiger partial charge in [0.2, 0.25) is 0 Å². The lowest BCUT2D eigenvalue weighted by Crippen LogP contribution is -2.33. The monoisotopic (exact) mass is 419 g/mol. The van der Waals surface area contributed by atoms with Crippen LogP contribution in [-0.4, -0.2) is 26.1 Å². The second-order valence-electron chi connectivity index (χ2n) is 7.77. The number of nitrogens with zero attached hydrogens (tertiary/aromatic N) is 5. The van der Waals surface area contributed by atoms with E-state index in [9.17, 15) is 13.6 Å². The first-order valence-corrected chi connectivity index (χ1v) is 9.95. The summed E-state index contributed by atoms with van der Waals surface area (Å²) in [4.78, 5) is 23.0. The Morgan fingerprint density at radius 1 is 1.06 bits per heavy atom. The van der Waals surface area contributed by atoms with E-state index in [0.29, 0.717) is 47.7 Å². The Bertz CT molecular complexity index is 1400. The van der Waals surface area contributed by atoms with Crippen LogP contribution in [0, 0.1) is 25.5 Å². The Morgan fingerprint density at radius 2 is 1.90 bits per heavy atom. The van der Waals surface area contributed by atoms with E-state index >= 15 is 0 Å². The average molecular weight is 419 g/mol. The van der Waals surface area contributed by atoms with E-state index in [4.69, 9.17) is 0 Å². The summed E-state index contributed by atoms with van der Waals surface area (Å²) in [6.45, 7) is 4.79. The smallest absolute Gasteiger partial charge is 0.274 e. The molecule has 31 heavy (non-hydrogen) atoms. The van der Waals surface area contributed by atoms with Crippen molar-refractivity contribution < 1.29 is 8.78 Å². The summed E-state index contributed by atoms with van der Waals surface area (Å²) < 4.78 is 29.2. The standard InChI is InChI=1S/C23H19F2N5O/c1-13-7-21-26-5-3-22(31)30(21)28-23(13)29-6-4-20-16(12-29)8-15(11-27-20)18-9-17(24)10-19(25)14(18)2/h3,5,7-11H,4,6,12H2,1-2H3. The Morgan fingerprint density at radius 3 is 2.74 bits per heavy atom. The predicted octanol–water partition coefficient (Wildman–Crippen LogP) is 3.61. The van der Waals surface area contributed by atoms with Crippen molar-refractivity contribution >= 4 is 11.5 Å². The Hall–Kier alpha value is -3.68. The SMILES string of the molecule is Cc1cc2nccc(=O)n2nc1N1CCc2ncc(-c3cc(F)cc(F)c3C)cc2C1. The lowest BCUT2D eigenvalue weighted by atomic mass is 9.97. The number of aromatic nitrogens is 4. The maximum Gasteiger partial charge on any atom is 0.274 e. The molecule has 0 atom stereocenters. The highest BCUT2D eigenvalue weighted by Crippen LogP contribution is 2.30. The first-order chi connectivity index (χ1) is 14.9. The van der Waals surface area contributed by atoms with Gasteiger partial charge in [-0.05, 0) is 54.3 Å². The molecule has 0 amide bonds. The van der Waals surface area contributed by atoms with E-state index < -0.39 is 11.6 Å². The van der Waals surface area contributed by atoms with E-state index in [-0.39, 0.29) is 5.56 Å². The minimum atomic E-state index is -0.618. The van der Waals surface area contributed by atoms with E-state index in [0.717, 1.165) is 22.9 Å². The highest BCUT2D eigenvalue weighted by Gasteiger charge is 2.22. The van der Waals surface area contributed by atoms with Crippen LogP contribution < -0.4 is 10.5 Å². The first kappa shape index (κ1) is 19.3. The first-order valence-electron chi connectivity index (χ1n) is 9.95. The molecule has 0 saturated carbocycles. The van der Waals surface area contributed by atoms with Crippen LogP contribution in [0.5, 0.6) is 0 Å². The second-order valence-corrected chi connectivity index (χ2v) is 7.77. The lowest BCUT2D eigenvalue weighted by molar-refractivity contribution is 0.578. The molecule has 1 aliphatic rings. The summed E-state index contributed by atoms with van der Waals surface area (Å²) in [5, 5.41) is 4.54. The molecule has 0 fully saturated rings. The number of benzene rings is 1. The summed E-state index contributed by atoms with van der Waals surface area (Å²) in [6.07, 6.45) is 3.84. The number of pyridine rings is 1. The van der Waals surface area contributed by atoms with Crippen molar-refractivity contribution in [3.05, 3.63) is 87.1 Å². The number of rotatable bonds is 2. The van der Waals surface area contributed by atoms with Crippen molar-refractivity contribution in [3.63, 3.8) is 0 Å². The maximum absolute atomic E-state index is 14.0. The lowest BCUT2D eigenvalue weighted by Gasteiger charge is -2.30. The number of hydrogen-bond acceptors (Lipinski definition) is 5. The summed E-state index contributed by atoms with van der Waals surface area (Å²) in [6, 6.07) is 7.36. The molecular weight excluding hydrogens is 400 g/mol. The number of hydrogen-bond donors (Lipinski definition) is 0. The van der Waals surface area contributed by atoms with Crippen LogP contribution in [0.4, 0.5) is 14.6 Å². The van der Waals surface area contributed by atoms with Gasteiger partial charge in [-0.25, -0.2) is 13.8 Å². The minimum absolute atomic E-state index is 0.240. The Kier molecular flexibility index (Phi) is 4.50. The number of fused-ring (bicyclic) bond motifs is 2. The predicted molar refractivity (Wildman–Crippen MR) is 113 cm³/mol. The van der Waals surface area contributed by atoms with Crippen molar-refractivity contribution in [1.29, 1.82) is 0 Å². The average Bonchev–Trinajstić information content (AvgIpc) is 2.75. The molecule has 0 spiro atoms. The third-order valence-corrected chi connectivity index (χ3v) is 5.70. The van der Waals surface area contributed by atoms with Crippen molar-refractivity contribution in [1.82, 2.24) is 19.6 Å². The largest absolute Gasteiger partial charge is 0.350 e. The van der Waals surface area contributed by atoms with Crippen LogP contribution in [-0.2, 0) is 13.0 Å². The van der Waals surface area contributed by atoms with Gasteiger partial charge in [-0.2, -0.15) is 4.52 Å². The Labute approximate surface area is 176 Å². The summed E-state index contributed by atoms with van der Waals surface area (Å²) in [5.41, 5.74) is 4.63. The van der Waals surface area contributed by atoms with E-state index in [2.05, 4.69) is 20.0 Å². The normalized spacial score (nSPS) is 13.5. The summed E-state index contributed by atoms with van der Waals surface area (Å²) in [5.74, 6) is -0.497. The molecule has 4 aromatic rings. The molecule has 0 radical (unpaired) electrons. The number of anilines is 1. The topological polar surface area (TPSA) is 63.4 Å². The zero-order valence-electron chi connectivity index (χ0n) is 17.1. The fourth-order valence-electron chi connectivity index (χ4n) is 4.06. The molecule has 0 aliphatic carbocycles. The van der Waals surface area contributed by atoms with Gasteiger partial charge in [0, 0.05) is 55.3 Å². The molecule has 1 aliphatic heterocycles. The molecular formula is C23H19F2N5O. The van der Waals surface area contributed by atoms with Crippen molar-refractivity contribution in [2.45, 2.75) is 26.8 Å². The van der Waals surface area contributed by atoms with Gasteiger partial charge in [0.1, 0.15) is 11.6 Å². The zero-order valence-corrected chi connectivity index (χ0v) is 17.1. The molecule has 8 heteroatoms. The molecule has 4 heterocycles. The van der Waals surface area contributed by atoms with Crippen LogP contribution in [0.15, 0.2) is 47.5 Å². The summed E-state index contributed by atoms with van der Waals surface area (Å²) >= 11 is 0. The second kappa shape index (κ2) is 7.23. The van der Waals surface area contributed by atoms with Crippen molar-refractivity contribution in [2.24, 2.45) is 0 Å². The minimum Gasteiger partial charge on any atom is -0.350 e. The highest BCUT2D eigenvalue weighted by atomic mass is 19.1. The van der Waals surface area contributed by atoms with Crippen LogP contribution >= 0.6 is 0 Å². The van der Waals surface area contributed by atoms with Gasteiger partial charge in [-0.15, -0.1) is 5.10 Å². The molecule has 0 bridgehead atoms. The van der Waals surface area contributed by atoms with Gasteiger partial charge in [-0.1, -0.05) is 0 Å². The number of aryl methyl sites for hydroxylation is 1. The van der Waals surface area contributed by atoms with Crippen molar-refractivity contribution in [2.75, 3.05) is 11.4 Å². The third kappa shape index (κ3) is 3.34. The van der Waals surface area contributed by atoms with Gasteiger partial charge in [0.05, 0.1) is 0 Å². The zero-order chi connectivity index (χ0) is 21.7. The van der Waals surface area contributed by atoms with E-state index in [1.54, 1.807) is 13.1 Å². The molecule has 0 saturated heterocycles. The molecule has 1 aromatic carbocycles. The maximum atomic E-state index is 14.0. The van der Waals surface area contributed by atoms with Gasteiger partial charge in [0.25, 0.3) is 5.56 Å². The number of halogens is 2. The molecule has 0 unspecified atom stereocenters. The highest BCUT2D eigenvalue weighted by molar-refractivity contribution is 5.68. The molecule has 156 valence electrons. The third-order valence-electron chi connectivity index (χ3n) is 5.70.